The maximum atomic E-state index is 12.6. The zero-order valence-electron chi connectivity index (χ0n) is 14.2. The van der Waals surface area contributed by atoms with E-state index in [0.717, 1.165) is 5.56 Å². The molecule has 0 aliphatic carbocycles. The molecule has 0 fully saturated rings. The fourth-order valence-electron chi connectivity index (χ4n) is 2.92. The van der Waals surface area contributed by atoms with Gasteiger partial charge in [0.25, 0.3) is 11.5 Å². The molecule has 2 heterocycles. The number of H-pyrrole nitrogens is 1. The van der Waals surface area contributed by atoms with E-state index in [0.29, 0.717) is 23.5 Å². The summed E-state index contributed by atoms with van der Waals surface area (Å²) in [6.45, 7) is 3.93. The molecule has 1 atom stereocenters. The third kappa shape index (κ3) is 3.64. The Balaban J connectivity index is 1.90. The van der Waals surface area contributed by atoms with Crippen molar-refractivity contribution in [3.05, 3.63) is 57.0 Å². The third-order valence-electron chi connectivity index (χ3n) is 4.10. The highest BCUT2D eigenvalue weighted by atomic mass is 35.5. The Morgan fingerprint density at radius 3 is 2.84 bits per heavy atom. The van der Waals surface area contributed by atoms with E-state index < -0.39 is 11.2 Å². The molecule has 25 heavy (non-hydrogen) atoms. The van der Waals surface area contributed by atoms with Crippen molar-refractivity contribution < 1.29 is 14.3 Å². The minimum absolute atomic E-state index is 0.0231. The highest BCUT2D eigenvalue weighted by molar-refractivity contribution is 6.30. The van der Waals surface area contributed by atoms with Gasteiger partial charge in [-0.15, -0.1) is 0 Å². The maximum Gasteiger partial charge on any atom is 0.266 e. The van der Waals surface area contributed by atoms with Crippen LogP contribution in [-0.4, -0.2) is 23.6 Å². The topological polar surface area (TPSA) is 80.4 Å². The van der Waals surface area contributed by atoms with Crippen molar-refractivity contribution >= 4 is 17.5 Å². The summed E-state index contributed by atoms with van der Waals surface area (Å²) in [5, 5.41) is 2.97. The number of nitrogens with one attached hydrogen (secondary N) is 2. The monoisotopic (exact) mass is 362 g/mol. The fraction of sp³-hybridized carbons (Fsp3) is 0.333. The lowest BCUT2D eigenvalue weighted by atomic mass is 9.89. The van der Waals surface area contributed by atoms with Gasteiger partial charge in [-0.3, -0.25) is 9.59 Å². The number of benzene rings is 1. The standard InChI is InChI=1S/C18H19ClN2O4/c1-18(2)8-14(12-5-4-11(24-3)7-15(12)25-18)21-16(22)10-6-13(19)17(23)20-9-10/h4-7,9,14H,8H2,1-3H3,(H,20,23)(H,21,22)/t14-/m1/s1. The average Bonchev–Trinajstić information content (AvgIpc) is 2.55. The summed E-state index contributed by atoms with van der Waals surface area (Å²) in [4.78, 5) is 26.4. The average molecular weight is 363 g/mol. The highest BCUT2D eigenvalue weighted by Gasteiger charge is 2.35. The predicted octanol–water partition coefficient (Wildman–Crippen LogP) is 3.07. The Labute approximate surface area is 150 Å². The minimum atomic E-state index is -0.444. The van der Waals surface area contributed by atoms with Crippen LogP contribution in [0.25, 0.3) is 0 Å². The third-order valence-corrected chi connectivity index (χ3v) is 4.38. The van der Waals surface area contributed by atoms with Gasteiger partial charge in [0.1, 0.15) is 22.1 Å². The van der Waals surface area contributed by atoms with Crippen LogP contribution in [0.15, 0.2) is 35.3 Å². The van der Waals surface area contributed by atoms with Gasteiger partial charge in [0, 0.05) is 24.2 Å². The number of halogens is 1. The summed E-state index contributed by atoms with van der Waals surface area (Å²) in [7, 11) is 1.59. The van der Waals surface area contributed by atoms with Crippen molar-refractivity contribution in [2.45, 2.75) is 31.9 Å². The molecule has 0 saturated carbocycles. The number of hydrogen-bond acceptors (Lipinski definition) is 4. The molecular formula is C18H19ClN2O4. The van der Waals surface area contributed by atoms with Crippen LogP contribution in [0.2, 0.25) is 5.02 Å². The van der Waals surface area contributed by atoms with Gasteiger partial charge >= 0.3 is 0 Å². The fourth-order valence-corrected chi connectivity index (χ4v) is 3.09. The predicted molar refractivity (Wildman–Crippen MR) is 94.6 cm³/mol. The van der Waals surface area contributed by atoms with Gasteiger partial charge in [-0.05, 0) is 32.0 Å². The number of rotatable bonds is 3. The Morgan fingerprint density at radius 2 is 2.16 bits per heavy atom. The second-order valence-electron chi connectivity index (χ2n) is 6.56. The van der Waals surface area contributed by atoms with Gasteiger partial charge in [-0.1, -0.05) is 11.6 Å². The van der Waals surface area contributed by atoms with Crippen LogP contribution in [0.5, 0.6) is 11.5 Å². The van der Waals surface area contributed by atoms with Crippen LogP contribution >= 0.6 is 11.6 Å². The number of aromatic nitrogens is 1. The molecule has 0 radical (unpaired) electrons. The van der Waals surface area contributed by atoms with E-state index in [9.17, 15) is 9.59 Å². The quantitative estimate of drug-likeness (QED) is 0.879. The molecule has 0 bridgehead atoms. The highest BCUT2D eigenvalue weighted by Crippen LogP contribution is 2.41. The molecule has 1 aliphatic rings. The number of pyridine rings is 1. The van der Waals surface area contributed by atoms with Crippen molar-refractivity contribution in [3.8, 4) is 11.5 Å². The first-order valence-corrected chi connectivity index (χ1v) is 8.23. The molecule has 1 aromatic carbocycles. The van der Waals surface area contributed by atoms with Gasteiger partial charge in [-0.25, -0.2) is 0 Å². The van der Waals surface area contributed by atoms with Gasteiger partial charge in [0.2, 0.25) is 0 Å². The molecule has 0 unspecified atom stereocenters. The first kappa shape index (κ1) is 17.4. The normalized spacial score (nSPS) is 18.0. The summed E-state index contributed by atoms with van der Waals surface area (Å²) in [5.74, 6) is 1.05. The molecule has 1 aromatic heterocycles. The number of fused-ring (bicyclic) bond motifs is 1. The van der Waals surface area contributed by atoms with Crippen molar-refractivity contribution in [2.24, 2.45) is 0 Å². The maximum absolute atomic E-state index is 12.6. The summed E-state index contributed by atoms with van der Waals surface area (Å²) in [6.07, 6.45) is 1.96. The Morgan fingerprint density at radius 1 is 1.40 bits per heavy atom. The van der Waals surface area contributed by atoms with E-state index in [1.165, 1.54) is 12.3 Å². The van der Waals surface area contributed by atoms with Crippen LogP contribution < -0.4 is 20.3 Å². The first-order valence-electron chi connectivity index (χ1n) is 7.85. The van der Waals surface area contributed by atoms with E-state index in [-0.39, 0.29) is 17.0 Å². The second kappa shape index (κ2) is 6.44. The zero-order valence-corrected chi connectivity index (χ0v) is 14.9. The number of hydrogen-bond donors (Lipinski definition) is 2. The molecule has 2 aromatic rings. The van der Waals surface area contributed by atoms with Gasteiger partial charge in [0.05, 0.1) is 18.7 Å². The van der Waals surface area contributed by atoms with Crippen LogP contribution in [-0.2, 0) is 0 Å². The van der Waals surface area contributed by atoms with Crippen LogP contribution in [0.3, 0.4) is 0 Å². The number of amides is 1. The second-order valence-corrected chi connectivity index (χ2v) is 6.97. The zero-order chi connectivity index (χ0) is 18.2. The van der Waals surface area contributed by atoms with Crippen molar-refractivity contribution in [1.82, 2.24) is 10.3 Å². The Kier molecular flexibility index (Phi) is 4.47. The number of carbonyl (C=O) groups excluding carboxylic acids is 1. The SMILES string of the molecule is COc1ccc2c(c1)OC(C)(C)C[C@H]2NC(=O)c1c[nH]c(=O)c(Cl)c1. The van der Waals surface area contributed by atoms with E-state index in [1.807, 2.05) is 32.0 Å². The minimum Gasteiger partial charge on any atom is -0.497 e. The molecule has 0 saturated heterocycles. The molecule has 7 heteroatoms. The number of aromatic amines is 1. The molecule has 3 rings (SSSR count). The van der Waals surface area contributed by atoms with Crippen LogP contribution in [0.4, 0.5) is 0 Å². The lowest BCUT2D eigenvalue weighted by molar-refractivity contribution is 0.0617. The molecule has 132 valence electrons. The van der Waals surface area contributed by atoms with Gasteiger partial charge < -0.3 is 19.8 Å². The van der Waals surface area contributed by atoms with E-state index in [2.05, 4.69) is 10.3 Å². The Hall–Kier alpha value is -2.47. The van der Waals surface area contributed by atoms with Crippen LogP contribution in [0, 0.1) is 0 Å². The summed E-state index contributed by atoms with van der Waals surface area (Å²) in [6, 6.07) is 6.65. The van der Waals surface area contributed by atoms with Crippen molar-refractivity contribution in [1.29, 1.82) is 0 Å². The molecule has 0 spiro atoms. The lowest BCUT2D eigenvalue weighted by Crippen LogP contribution is -2.41. The van der Waals surface area contributed by atoms with Crippen LogP contribution in [0.1, 0.15) is 42.2 Å². The molecule has 1 amide bonds. The molecule has 2 N–H and O–H groups in total. The summed E-state index contributed by atoms with van der Waals surface area (Å²) >= 11 is 5.80. The smallest absolute Gasteiger partial charge is 0.266 e. The van der Waals surface area contributed by atoms with Gasteiger partial charge in [-0.2, -0.15) is 0 Å². The van der Waals surface area contributed by atoms with E-state index >= 15 is 0 Å². The number of carbonyl (C=O) groups is 1. The summed E-state index contributed by atoms with van der Waals surface area (Å²) in [5.41, 5.74) is 0.302. The first-order chi connectivity index (χ1) is 11.8. The van der Waals surface area contributed by atoms with E-state index in [1.54, 1.807) is 7.11 Å². The number of ether oxygens (including phenoxy) is 2. The van der Waals surface area contributed by atoms with Crippen molar-refractivity contribution in [3.63, 3.8) is 0 Å². The van der Waals surface area contributed by atoms with Crippen molar-refractivity contribution in [2.75, 3.05) is 7.11 Å². The molecular weight excluding hydrogens is 344 g/mol. The lowest BCUT2D eigenvalue weighted by Gasteiger charge is -2.38. The van der Waals surface area contributed by atoms with Gasteiger partial charge in [0.15, 0.2) is 0 Å². The van der Waals surface area contributed by atoms with E-state index in [4.69, 9.17) is 21.1 Å². The molecule has 1 aliphatic heterocycles. The molecule has 6 nitrogen and oxygen atoms in total. The Bertz CT molecular complexity index is 876. The number of methoxy groups -OCH3 is 1. The largest absolute Gasteiger partial charge is 0.497 e. The summed E-state index contributed by atoms with van der Waals surface area (Å²) < 4.78 is 11.3.